The molecule has 1 aliphatic heterocycles. The maximum atomic E-state index is 5.76. The third kappa shape index (κ3) is 3.67. The van der Waals surface area contributed by atoms with Gasteiger partial charge in [0.1, 0.15) is 4.99 Å². The molecule has 0 aromatic heterocycles. The fraction of sp³-hybridized carbons (Fsp3) is 0.533. The molecule has 19 heavy (non-hydrogen) atoms. The number of nitrogens with one attached hydrogen (secondary N) is 1. The first kappa shape index (κ1) is 14.3. The Morgan fingerprint density at radius 1 is 1.37 bits per heavy atom. The van der Waals surface area contributed by atoms with Crippen LogP contribution in [0.15, 0.2) is 24.3 Å². The minimum absolute atomic E-state index is 0.357. The molecule has 0 spiro atoms. The van der Waals surface area contributed by atoms with E-state index in [9.17, 15) is 0 Å². The Morgan fingerprint density at radius 2 is 2.00 bits per heavy atom. The van der Waals surface area contributed by atoms with E-state index < -0.39 is 0 Å². The van der Waals surface area contributed by atoms with Crippen molar-refractivity contribution in [3.8, 4) is 0 Å². The van der Waals surface area contributed by atoms with Gasteiger partial charge >= 0.3 is 0 Å². The lowest BCUT2D eigenvalue weighted by Gasteiger charge is -2.38. The molecule has 0 aliphatic carbocycles. The van der Waals surface area contributed by atoms with Crippen LogP contribution in [-0.4, -0.2) is 36.6 Å². The number of piperidine rings is 1. The number of anilines is 1. The maximum absolute atomic E-state index is 5.76. The number of likely N-dealkylation sites (tertiary alicyclic amines) is 1. The van der Waals surface area contributed by atoms with E-state index in [2.05, 4.69) is 24.2 Å². The Bertz CT molecular complexity index is 450. The SMILES string of the molecule is CN1CCC(C)(CNc2ccccc2C(N)=S)CC1. The highest BCUT2D eigenvalue weighted by Gasteiger charge is 2.28. The summed E-state index contributed by atoms with van der Waals surface area (Å²) < 4.78 is 0. The number of thiocarbonyl (C=S) groups is 1. The van der Waals surface area contributed by atoms with Gasteiger partial charge in [0.05, 0.1) is 0 Å². The predicted molar refractivity (Wildman–Crippen MR) is 85.7 cm³/mol. The van der Waals surface area contributed by atoms with Gasteiger partial charge in [-0.05, 0) is 50.5 Å². The van der Waals surface area contributed by atoms with Gasteiger partial charge in [-0.2, -0.15) is 0 Å². The first-order valence-electron chi connectivity index (χ1n) is 6.81. The van der Waals surface area contributed by atoms with E-state index in [0.717, 1.165) is 17.8 Å². The molecule has 1 saturated heterocycles. The summed E-state index contributed by atoms with van der Waals surface area (Å²) in [5.74, 6) is 0. The predicted octanol–water partition coefficient (Wildman–Crippen LogP) is 2.46. The van der Waals surface area contributed by atoms with Crippen molar-refractivity contribution in [1.82, 2.24) is 4.90 Å². The summed E-state index contributed by atoms with van der Waals surface area (Å²) in [5.41, 5.74) is 8.11. The van der Waals surface area contributed by atoms with Gasteiger partial charge in [0.25, 0.3) is 0 Å². The number of para-hydroxylation sites is 1. The molecule has 0 radical (unpaired) electrons. The Balaban J connectivity index is 2.01. The number of benzene rings is 1. The molecule has 1 fully saturated rings. The maximum Gasteiger partial charge on any atom is 0.106 e. The van der Waals surface area contributed by atoms with Crippen molar-refractivity contribution in [2.24, 2.45) is 11.1 Å². The molecule has 0 amide bonds. The van der Waals surface area contributed by atoms with E-state index in [0.29, 0.717) is 10.4 Å². The van der Waals surface area contributed by atoms with Gasteiger partial charge < -0.3 is 16.0 Å². The second-order valence-corrected chi connectivity index (χ2v) is 6.32. The quantitative estimate of drug-likeness (QED) is 0.830. The van der Waals surface area contributed by atoms with Gasteiger partial charge in [0, 0.05) is 17.8 Å². The Hall–Kier alpha value is -1.13. The summed E-state index contributed by atoms with van der Waals surface area (Å²) in [6, 6.07) is 8.01. The minimum Gasteiger partial charge on any atom is -0.389 e. The van der Waals surface area contributed by atoms with E-state index in [1.165, 1.54) is 25.9 Å². The molecule has 104 valence electrons. The van der Waals surface area contributed by atoms with Gasteiger partial charge in [-0.25, -0.2) is 0 Å². The number of nitrogens with zero attached hydrogens (tertiary/aromatic N) is 1. The van der Waals surface area contributed by atoms with E-state index in [1.807, 2.05) is 24.3 Å². The summed E-state index contributed by atoms with van der Waals surface area (Å²) >= 11 is 5.09. The minimum atomic E-state index is 0.357. The van der Waals surface area contributed by atoms with Crippen molar-refractivity contribution in [3.05, 3.63) is 29.8 Å². The van der Waals surface area contributed by atoms with E-state index in [1.54, 1.807) is 0 Å². The molecule has 1 aromatic rings. The lowest BCUT2D eigenvalue weighted by atomic mass is 9.80. The molecule has 0 bridgehead atoms. The third-order valence-electron chi connectivity index (χ3n) is 4.09. The molecular weight excluding hydrogens is 254 g/mol. The molecule has 2 rings (SSSR count). The average molecular weight is 277 g/mol. The highest BCUT2D eigenvalue weighted by molar-refractivity contribution is 7.80. The molecule has 0 unspecified atom stereocenters. The van der Waals surface area contributed by atoms with Gasteiger partial charge in [-0.15, -0.1) is 0 Å². The summed E-state index contributed by atoms with van der Waals surface area (Å²) in [6.45, 7) is 5.68. The smallest absolute Gasteiger partial charge is 0.106 e. The Kier molecular flexibility index (Phi) is 4.42. The summed E-state index contributed by atoms with van der Waals surface area (Å²) in [6.07, 6.45) is 2.46. The second-order valence-electron chi connectivity index (χ2n) is 5.88. The molecule has 4 heteroatoms. The monoisotopic (exact) mass is 277 g/mol. The second kappa shape index (κ2) is 5.88. The van der Waals surface area contributed by atoms with Crippen LogP contribution >= 0.6 is 12.2 Å². The largest absolute Gasteiger partial charge is 0.389 e. The lowest BCUT2D eigenvalue weighted by molar-refractivity contribution is 0.150. The summed E-state index contributed by atoms with van der Waals surface area (Å²) in [7, 11) is 2.19. The molecule has 3 N–H and O–H groups in total. The number of nitrogens with two attached hydrogens (primary N) is 1. The molecule has 1 aromatic carbocycles. The molecule has 3 nitrogen and oxygen atoms in total. The van der Waals surface area contributed by atoms with Crippen LogP contribution < -0.4 is 11.1 Å². The van der Waals surface area contributed by atoms with Crippen molar-refractivity contribution in [2.45, 2.75) is 19.8 Å². The van der Waals surface area contributed by atoms with E-state index >= 15 is 0 Å². The van der Waals surface area contributed by atoms with Crippen LogP contribution in [0.25, 0.3) is 0 Å². The average Bonchev–Trinajstić information content (AvgIpc) is 2.41. The highest BCUT2D eigenvalue weighted by Crippen LogP contribution is 2.31. The zero-order valence-corrected chi connectivity index (χ0v) is 12.6. The normalized spacial score (nSPS) is 19.1. The standard InChI is InChI=1S/C15H23N3S/c1-15(7-9-18(2)10-8-15)11-17-13-6-4-3-5-12(13)14(16)19/h3-6,17H,7-11H2,1-2H3,(H2,16,19). The third-order valence-corrected chi connectivity index (χ3v) is 4.31. The highest BCUT2D eigenvalue weighted by atomic mass is 32.1. The van der Waals surface area contributed by atoms with Gasteiger partial charge in [-0.1, -0.05) is 31.3 Å². The number of hydrogen-bond acceptors (Lipinski definition) is 3. The van der Waals surface area contributed by atoms with Crippen LogP contribution in [0.4, 0.5) is 5.69 Å². The summed E-state index contributed by atoms with van der Waals surface area (Å²) in [4.78, 5) is 2.85. The molecule has 1 heterocycles. The van der Waals surface area contributed by atoms with Crippen LogP contribution in [0.1, 0.15) is 25.3 Å². The van der Waals surface area contributed by atoms with Crippen LogP contribution in [0.3, 0.4) is 0 Å². The molecule has 1 aliphatic rings. The first-order valence-corrected chi connectivity index (χ1v) is 7.22. The van der Waals surface area contributed by atoms with Gasteiger partial charge in [-0.3, -0.25) is 0 Å². The van der Waals surface area contributed by atoms with Crippen molar-refractivity contribution < 1.29 is 0 Å². The van der Waals surface area contributed by atoms with Crippen LogP contribution in [0, 0.1) is 5.41 Å². The topological polar surface area (TPSA) is 41.3 Å². The van der Waals surface area contributed by atoms with Gasteiger partial charge in [0.15, 0.2) is 0 Å². The van der Waals surface area contributed by atoms with Crippen molar-refractivity contribution >= 4 is 22.9 Å². The van der Waals surface area contributed by atoms with E-state index in [-0.39, 0.29) is 0 Å². The lowest BCUT2D eigenvalue weighted by Crippen LogP contribution is -2.40. The summed E-state index contributed by atoms with van der Waals surface area (Å²) in [5, 5.41) is 3.53. The van der Waals surface area contributed by atoms with Crippen molar-refractivity contribution in [1.29, 1.82) is 0 Å². The first-order chi connectivity index (χ1) is 9.00. The molecule has 0 saturated carbocycles. The molecular formula is C15H23N3S. The fourth-order valence-electron chi connectivity index (χ4n) is 2.50. The Labute approximate surface area is 121 Å². The molecule has 0 atom stereocenters. The van der Waals surface area contributed by atoms with Crippen LogP contribution in [0.5, 0.6) is 0 Å². The fourth-order valence-corrected chi connectivity index (χ4v) is 2.67. The van der Waals surface area contributed by atoms with Crippen molar-refractivity contribution in [2.75, 3.05) is 32.0 Å². The zero-order valence-electron chi connectivity index (χ0n) is 11.8. The van der Waals surface area contributed by atoms with E-state index in [4.69, 9.17) is 18.0 Å². The van der Waals surface area contributed by atoms with Gasteiger partial charge in [0.2, 0.25) is 0 Å². The zero-order chi connectivity index (χ0) is 13.9. The van der Waals surface area contributed by atoms with Crippen LogP contribution in [-0.2, 0) is 0 Å². The number of hydrogen-bond donors (Lipinski definition) is 2. The van der Waals surface area contributed by atoms with Crippen LogP contribution in [0.2, 0.25) is 0 Å². The number of rotatable bonds is 4. The van der Waals surface area contributed by atoms with Crippen molar-refractivity contribution in [3.63, 3.8) is 0 Å². The Morgan fingerprint density at radius 3 is 2.63 bits per heavy atom.